The van der Waals surface area contributed by atoms with Crippen molar-refractivity contribution in [1.82, 2.24) is 15.2 Å². The molecule has 28 heavy (non-hydrogen) atoms. The predicted molar refractivity (Wildman–Crippen MR) is 113 cm³/mol. The summed E-state index contributed by atoms with van der Waals surface area (Å²) >= 11 is 0. The van der Waals surface area contributed by atoms with Gasteiger partial charge in [0.05, 0.1) is 5.56 Å². The molecule has 2 aliphatic rings. The molecular formula is C23H30N4O. The fraction of sp³-hybridized carbons (Fsp3) is 0.478. The normalized spacial score (nSPS) is 17.4. The maximum atomic E-state index is 12.4. The molecule has 5 nitrogen and oxygen atoms in total. The van der Waals surface area contributed by atoms with E-state index in [9.17, 15) is 4.79 Å². The largest absolute Gasteiger partial charge is 0.363 e. The quantitative estimate of drug-likeness (QED) is 0.869. The summed E-state index contributed by atoms with van der Waals surface area (Å²) in [6, 6.07) is 11.2. The van der Waals surface area contributed by atoms with E-state index in [1.165, 1.54) is 42.5 Å². The third kappa shape index (κ3) is 4.20. The highest BCUT2D eigenvalue weighted by Crippen LogP contribution is 2.27. The minimum absolute atomic E-state index is 0.0797. The van der Waals surface area contributed by atoms with E-state index >= 15 is 0 Å². The zero-order valence-electron chi connectivity index (χ0n) is 16.9. The third-order valence-electron chi connectivity index (χ3n) is 6.12. The van der Waals surface area contributed by atoms with Gasteiger partial charge in [-0.25, -0.2) is 4.98 Å². The number of fused-ring (bicyclic) bond motifs is 1. The number of aromatic nitrogens is 1. The zero-order valence-corrected chi connectivity index (χ0v) is 16.9. The Morgan fingerprint density at radius 3 is 2.57 bits per heavy atom. The van der Waals surface area contributed by atoms with Gasteiger partial charge in [0.25, 0.3) is 5.91 Å². The number of anilines is 1. The fourth-order valence-electron chi connectivity index (χ4n) is 4.09. The average Bonchev–Trinajstić information content (AvgIpc) is 2.87. The van der Waals surface area contributed by atoms with Crippen LogP contribution < -0.4 is 10.2 Å². The summed E-state index contributed by atoms with van der Waals surface area (Å²) in [6.07, 6.45) is 8.03. The Bertz CT molecular complexity index is 827. The molecule has 1 amide bonds. The van der Waals surface area contributed by atoms with Gasteiger partial charge in [-0.05, 0) is 54.5 Å². The molecule has 1 aromatic heterocycles. The Hall–Kier alpha value is -2.40. The molecule has 1 saturated carbocycles. The van der Waals surface area contributed by atoms with Gasteiger partial charge in [-0.3, -0.25) is 9.69 Å². The molecule has 1 N–H and O–H groups in total. The highest BCUT2D eigenvalue weighted by molar-refractivity contribution is 5.94. The Morgan fingerprint density at radius 1 is 1.14 bits per heavy atom. The number of rotatable bonds is 5. The van der Waals surface area contributed by atoms with Crippen LogP contribution in [0.5, 0.6) is 0 Å². The number of carbonyl (C=O) groups is 1. The minimum atomic E-state index is -0.0797. The Balaban J connectivity index is 1.35. The summed E-state index contributed by atoms with van der Waals surface area (Å²) in [4.78, 5) is 21.3. The van der Waals surface area contributed by atoms with Crippen molar-refractivity contribution in [3.8, 4) is 0 Å². The molecule has 0 atom stereocenters. The second kappa shape index (κ2) is 8.31. The SMILES string of the molecule is CN(C)c1ccc(C(=O)NCc2ccc3c(c2)CCN(C2CCC2)CC3)cn1. The van der Waals surface area contributed by atoms with Crippen LogP contribution in [-0.2, 0) is 19.4 Å². The maximum absolute atomic E-state index is 12.4. The summed E-state index contributed by atoms with van der Waals surface area (Å²) in [6.45, 7) is 2.90. The summed E-state index contributed by atoms with van der Waals surface area (Å²) in [5.41, 5.74) is 4.68. The first-order chi connectivity index (χ1) is 13.6. The van der Waals surface area contributed by atoms with Gasteiger partial charge in [-0.15, -0.1) is 0 Å². The molecular weight excluding hydrogens is 348 g/mol. The second-order valence-electron chi connectivity index (χ2n) is 8.21. The molecule has 2 heterocycles. The fourth-order valence-corrected chi connectivity index (χ4v) is 4.09. The number of carbonyl (C=O) groups excluding carboxylic acids is 1. The van der Waals surface area contributed by atoms with Crippen molar-refractivity contribution in [3.05, 3.63) is 58.8 Å². The maximum Gasteiger partial charge on any atom is 0.253 e. The van der Waals surface area contributed by atoms with Gasteiger partial charge in [0.1, 0.15) is 5.82 Å². The molecule has 1 aliphatic heterocycles. The Kier molecular flexibility index (Phi) is 5.62. The van der Waals surface area contributed by atoms with Crippen LogP contribution in [0.4, 0.5) is 5.82 Å². The van der Waals surface area contributed by atoms with E-state index in [1.54, 1.807) is 6.20 Å². The first kappa shape index (κ1) is 18.9. The molecule has 0 spiro atoms. The zero-order chi connectivity index (χ0) is 19.5. The molecule has 2 aromatic rings. The molecule has 5 heteroatoms. The van der Waals surface area contributed by atoms with E-state index in [4.69, 9.17) is 0 Å². The van der Waals surface area contributed by atoms with Crippen molar-refractivity contribution in [2.24, 2.45) is 0 Å². The summed E-state index contributed by atoms with van der Waals surface area (Å²) < 4.78 is 0. The van der Waals surface area contributed by atoms with Gasteiger partial charge in [0.15, 0.2) is 0 Å². The highest BCUT2D eigenvalue weighted by Gasteiger charge is 2.26. The number of nitrogens with one attached hydrogen (secondary N) is 1. The number of amides is 1. The molecule has 0 bridgehead atoms. The topological polar surface area (TPSA) is 48.5 Å². The minimum Gasteiger partial charge on any atom is -0.363 e. The van der Waals surface area contributed by atoms with E-state index in [0.29, 0.717) is 12.1 Å². The van der Waals surface area contributed by atoms with Gasteiger partial charge in [-0.1, -0.05) is 24.6 Å². The first-order valence-corrected chi connectivity index (χ1v) is 10.4. The van der Waals surface area contributed by atoms with Crippen molar-refractivity contribution in [3.63, 3.8) is 0 Å². The number of nitrogens with zero attached hydrogens (tertiary/aromatic N) is 3. The van der Waals surface area contributed by atoms with Crippen LogP contribution in [0.2, 0.25) is 0 Å². The molecule has 4 rings (SSSR count). The summed E-state index contributed by atoms with van der Waals surface area (Å²) in [5.74, 6) is 0.766. The van der Waals surface area contributed by atoms with Crippen LogP contribution in [0.25, 0.3) is 0 Å². The monoisotopic (exact) mass is 378 g/mol. The lowest BCUT2D eigenvalue weighted by Gasteiger charge is -2.36. The van der Waals surface area contributed by atoms with Crippen molar-refractivity contribution in [2.45, 2.75) is 44.7 Å². The van der Waals surface area contributed by atoms with E-state index in [-0.39, 0.29) is 5.91 Å². The lowest BCUT2D eigenvalue weighted by atomic mass is 9.91. The smallest absolute Gasteiger partial charge is 0.253 e. The van der Waals surface area contributed by atoms with Crippen molar-refractivity contribution in [2.75, 3.05) is 32.1 Å². The van der Waals surface area contributed by atoms with E-state index < -0.39 is 0 Å². The van der Waals surface area contributed by atoms with E-state index in [1.807, 2.05) is 31.1 Å². The van der Waals surface area contributed by atoms with Crippen LogP contribution in [0, 0.1) is 0 Å². The summed E-state index contributed by atoms with van der Waals surface area (Å²) in [5, 5.41) is 3.03. The average molecular weight is 379 g/mol. The molecule has 0 radical (unpaired) electrons. The highest BCUT2D eigenvalue weighted by atomic mass is 16.1. The Morgan fingerprint density at radius 2 is 1.93 bits per heavy atom. The van der Waals surface area contributed by atoms with Crippen LogP contribution in [-0.4, -0.2) is 49.0 Å². The standard InChI is InChI=1S/C23H30N4O/c1-26(2)22-9-8-20(16-24-22)23(28)25-15-17-6-7-18-10-12-27(21-4-3-5-21)13-11-19(18)14-17/h6-9,14,16,21H,3-5,10-13,15H2,1-2H3,(H,25,28). The summed E-state index contributed by atoms with van der Waals surface area (Å²) in [7, 11) is 3.87. The Labute approximate surface area is 167 Å². The van der Waals surface area contributed by atoms with Gasteiger partial charge < -0.3 is 10.2 Å². The van der Waals surface area contributed by atoms with Crippen LogP contribution in [0.1, 0.15) is 46.3 Å². The van der Waals surface area contributed by atoms with Crippen molar-refractivity contribution < 1.29 is 4.79 Å². The van der Waals surface area contributed by atoms with E-state index in [2.05, 4.69) is 33.4 Å². The van der Waals surface area contributed by atoms with Gasteiger partial charge in [-0.2, -0.15) is 0 Å². The molecule has 148 valence electrons. The molecule has 0 unspecified atom stereocenters. The lowest BCUT2D eigenvalue weighted by molar-refractivity contribution is 0.0950. The third-order valence-corrected chi connectivity index (χ3v) is 6.12. The van der Waals surface area contributed by atoms with Crippen molar-refractivity contribution in [1.29, 1.82) is 0 Å². The predicted octanol–water partition coefficient (Wildman–Crippen LogP) is 3.03. The van der Waals surface area contributed by atoms with Gasteiger partial charge in [0.2, 0.25) is 0 Å². The second-order valence-corrected chi connectivity index (χ2v) is 8.21. The van der Waals surface area contributed by atoms with Crippen LogP contribution in [0.3, 0.4) is 0 Å². The number of hydrogen-bond acceptors (Lipinski definition) is 4. The first-order valence-electron chi connectivity index (χ1n) is 10.4. The molecule has 1 fully saturated rings. The molecule has 0 saturated heterocycles. The molecule has 1 aromatic carbocycles. The van der Waals surface area contributed by atoms with Crippen LogP contribution >= 0.6 is 0 Å². The number of pyridine rings is 1. The van der Waals surface area contributed by atoms with Crippen molar-refractivity contribution >= 4 is 11.7 Å². The number of hydrogen-bond donors (Lipinski definition) is 1. The van der Waals surface area contributed by atoms with Gasteiger partial charge >= 0.3 is 0 Å². The number of benzene rings is 1. The van der Waals surface area contributed by atoms with Crippen LogP contribution in [0.15, 0.2) is 36.5 Å². The lowest BCUT2D eigenvalue weighted by Crippen LogP contribution is -2.41. The molecule has 1 aliphatic carbocycles. The van der Waals surface area contributed by atoms with Gasteiger partial charge in [0, 0.05) is 46.0 Å². The van der Waals surface area contributed by atoms with E-state index in [0.717, 1.165) is 31.2 Å².